The summed E-state index contributed by atoms with van der Waals surface area (Å²) in [5.74, 6) is 0.499. The largest absolute Gasteiger partial charge is 0.497 e. The van der Waals surface area contributed by atoms with E-state index in [4.69, 9.17) is 9.88 Å². The molecule has 0 heterocycles. The van der Waals surface area contributed by atoms with Crippen molar-refractivity contribution >= 4 is 21.6 Å². The van der Waals surface area contributed by atoms with Crippen molar-refractivity contribution in [1.29, 1.82) is 0 Å². The van der Waals surface area contributed by atoms with Crippen molar-refractivity contribution in [3.05, 3.63) is 90.0 Å². The van der Waals surface area contributed by atoms with E-state index in [-0.39, 0.29) is 23.4 Å². The molecule has 3 rings (SSSR count). The first-order valence-corrected chi connectivity index (χ1v) is 10.8. The third kappa shape index (κ3) is 5.66. The van der Waals surface area contributed by atoms with Crippen molar-refractivity contribution in [1.82, 2.24) is 5.32 Å². The van der Waals surface area contributed by atoms with E-state index in [1.54, 1.807) is 7.11 Å². The molecule has 30 heavy (non-hydrogen) atoms. The Labute approximate surface area is 175 Å². The minimum atomic E-state index is -3.77. The summed E-state index contributed by atoms with van der Waals surface area (Å²) in [4.78, 5) is 12.4. The van der Waals surface area contributed by atoms with Gasteiger partial charge in [0.25, 0.3) is 0 Å². The number of sulfonamides is 1. The highest BCUT2D eigenvalue weighted by atomic mass is 32.2. The maximum atomic E-state index is 12.4. The number of ether oxygens (including phenoxy) is 1. The predicted molar refractivity (Wildman–Crippen MR) is 116 cm³/mol. The fourth-order valence-corrected chi connectivity index (χ4v) is 3.51. The summed E-state index contributed by atoms with van der Waals surface area (Å²) < 4.78 is 27.9. The van der Waals surface area contributed by atoms with Crippen molar-refractivity contribution in [3.63, 3.8) is 0 Å². The van der Waals surface area contributed by atoms with Crippen LogP contribution in [0.1, 0.15) is 17.2 Å². The molecule has 0 fully saturated rings. The lowest BCUT2D eigenvalue weighted by Gasteiger charge is -2.20. The summed E-state index contributed by atoms with van der Waals surface area (Å²) >= 11 is 0. The van der Waals surface area contributed by atoms with Crippen LogP contribution in [0.2, 0.25) is 0 Å². The van der Waals surface area contributed by atoms with Crippen LogP contribution in [0.15, 0.2) is 83.8 Å². The highest BCUT2D eigenvalue weighted by Crippen LogP contribution is 2.24. The van der Waals surface area contributed by atoms with Gasteiger partial charge in [0.15, 0.2) is 0 Å². The highest BCUT2D eigenvalue weighted by Gasteiger charge is 2.15. The average molecular weight is 426 g/mol. The molecule has 156 valence electrons. The Morgan fingerprint density at radius 1 is 0.933 bits per heavy atom. The number of carbonyl (C=O) groups excluding carboxylic acids is 1. The standard InChI is InChI=1S/C22H23N3O4S/c1-29-19-11-7-17(8-12-19)22(16-5-3-2-4-6-16)24-15-21(26)25-18-9-13-20(14-10-18)30(23,27)28/h2-14,22,24H,15H2,1H3,(H,25,26)(H2,23,27,28)/t22-/m0/s1. The monoisotopic (exact) mass is 425 g/mol. The number of nitrogens with one attached hydrogen (secondary N) is 2. The molecular formula is C22H23N3O4S. The van der Waals surface area contributed by atoms with Gasteiger partial charge in [-0.15, -0.1) is 0 Å². The molecular weight excluding hydrogens is 402 g/mol. The van der Waals surface area contributed by atoms with Gasteiger partial charge in [0, 0.05) is 5.69 Å². The Hall–Kier alpha value is -3.20. The van der Waals surface area contributed by atoms with Gasteiger partial charge in [-0.05, 0) is 47.5 Å². The molecule has 0 aliphatic carbocycles. The van der Waals surface area contributed by atoms with Crippen LogP contribution in [0.25, 0.3) is 0 Å². The average Bonchev–Trinajstić information content (AvgIpc) is 2.75. The zero-order valence-corrected chi connectivity index (χ0v) is 17.2. The minimum Gasteiger partial charge on any atom is -0.497 e. The number of hydrogen-bond acceptors (Lipinski definition) is 5. The van der Waals surface area contributed by atoms with Crippen LogP contribution < -0.4 is 20.5 Å². The number of rotatable bonds is 8. The Morgan fingerprint density at radius 2 is 1.53 bits per heavy atom. The predicted octanol–water partition coefficient (Wildman–Crippen LogP) is 2.66. The highest BCUT2D eigenvalue weighted by molar-refractivity contribution is 7.89. The molecule has 3 aromatic carbocycles. The molecule has 7 nitrogen and oxygen atoms in total. The molecule has 0 saturated carbocycles. The zero-order valence-electron chi connectivity index (χ0n) is 16.4. The molecule has 0 spiro atoms. The Morgan fingerprint density at radius 3 is 2.10 bits per heavy atom. The number of hydrogen-bond donors (Lipinski definition) is 3. The first-order chi connectivity index (χ1) is 14.4. The molecule has 0 radical (unpaired) electrons. The number of anilines is 1. The second kappa shape index (κ2) is 9.53. The Balaban J connectivity index is 1.69. The fraction of sp³-hybridized carbons (Fsp3) is 0.136. The van der Waals surface area contributed by atoms with Crippen LogP contribution in [0, 0.1) is 0 Å². The minimum absolute atomic E-state index is 0.0118. The van der Waals surface area contributed by atoms with Gasteiger partial charge in [-0.25, -0.2) is 13.6 Å². The summed E-state index contributed by atoms with van der Waals surface area (Å²) in [5, 5.41) is 11.1. The lowest BCUT2D eigenvalue weighted by molar-refractivity contribution is -0.115. The van der Waals surface area contributed by atoms with E-state index in [9.17, 15) is 13.2 Å². The van der Waals surface area contributed by atoms with Crippen LogP contribution >= 0.6 is 0 Å². The number of primary sulfonamides is 1. The van der Waals surface area contributed by atoms with E-state index < -0.39 is 10.0 Å². The van der Waals surface area contributed by atoms with Crippen molar-refractivity contribution in [2.45, 2.75) is 10.9 Å². The molecule has 0 aliphatic heterocycles. The fourth-order valence-electron chi connectivity index (χ4n) is 3.00. The van der Waals surface area contributed by atoms with Gasteiger partial charge < -0.3 is 10.1 Å². The summed E-state index contributed by atoms with van der Waals surface area (Å²) in [6.45, 7) is 0.0581. The molecule has 0 unspecified atom stereocenters. The van der Waals surface area contributed by atoms with Gasteiger partial charge in [0.2, 0.25) is 15.9 Å². The quantitative estimate of drug-likeness (QED) is 0.514. The number of nitrogens with two attached hydrogens (primary N) is 1. The third-order valence-corrected chi connectivity index (χ3v) is 5.44. The number of carbonyl (C=O) groups is 1. The van der Waals surface area contributed by atoms with Crippen molar-refractivity contribution in [2.75, 3.05) is 19.0 Å². The second-order valence-electron chi connectivity index (χ2n) is 6.62. The smallest absolute Gasteiger partial charge is 0.238 e. The van der Waals surface area contributed by atoms with Crippen molar-refractivity contribution in [2.24, 2.45) is 5.14 Å². The summed E-state index contributed by atoms with van der Waals surface area (Å²) in [5.41, 5.74) is 2.50. The molecule has 4 N–H and O–H groups in total. The van der Waals surface area contributed by atoms with Crippen LogP contribution in [0.4, 0.5) is 5.69 Å². The molecule has 0 saturated heterocycles. The van der Waals surface area contributed by atoms with Gasteiger partial charge >= 0.3 is 0 Å². The first-order valence-electron chi connectivity index (χ1n) is 9.22. The van der Waals surface area contributed by atoms with Crippen molar-refractivity contribution in [3.8, 4) is 5.75 Å². The van der Waals surface area contributed by atoms with Crippen LogP contribution in [0.3, 0.4) is 0 Å². The number of amides is 1. The van der Waals surface area contributed by atoms with Crippen molar-refractivity contribution < 1.29 is 17.9 Å². The summed E-state index contributed by atoms with van der Waals surface area (Å²) in [6, 6.07) is 23.0. The second-order valence-corrected chi connectivity index (χ2v) is 8.18. The Bertz CT molecular complexity index is 1080. The summed E-state index contributed by atoms with van der Waals surface area (Å²) in [7, 11) is -2.16. The van der Waals surface area contributed by atoms with Gasteiger partial charge in [-0.3, -0.25) is 10.1 Å². The third-order valence-electron chi connectivity index (χ3n) is 4.52. The molecule has 0 bridgehead atoms. The molecule has 8 heteroatoms. The molecule has 3 aromatic rings. The topological polar surface area (TPSA) is 111 Å². The van der Waals surface area contributed by atoms with Gasteiger partial charge in [0.05, 0.1) is 24.6 Å². The van der Waals surface area contributed by atoms with E-state index in [1.165, 1.54) is 24.3 Å². The molecule has 0 aromatic heterocycles. The van der Waals surface area contributed by atoms with E-state index in [2.05, 4.69) is 10.6 Å². The van der Waals surface area contributed by atoms with Crippen LogP contribution in [-0.2, 0) is 14.8 Å². The van der Waals surface area contributed by atoms with Gasteiger partial charge in [0.1, 0.15) is 5.75 Å². The normalized spacial score (nSPS) is 12.2. The number of benzene rings is 3. The lowest BCUT2D eigenvalue weighted by Crippen LogP contribution is -2.31. The first kappa shape index (κ1) is 21.5. The maximum absolute atomic E-state index is 12.4. The van der Waals surface area contributed by atoms with E-state index >= 15 is 0 Å². The summed E-state index contributed by atoms with van der Waals surface area (Å²) in [6.07, 6.45) is 0. The SMILES string of the molecule is COc1ccc([C@@H](NCC(=O)Nc2ccc(S(N)(=O)=O)cc2)c2ccccc2)cc1. The van der Waals surface area contributed by atoms with Crippen LogP contribution in [-0.4, -0.2) is 28.0 Å². The van der Waals surface area contributed by atoms with E-state index in [0.29, 0.717) is 5.69 Å². The maximum Gasteiger partial charge on any atom is 0.238 e. The van der Waals surface area contributed by atoms with Crippen LogP contribution in [0.5, 0.6) is 5.75 Å². The number of methoxy groups -OCH3 is 1. The lowest BCUT2D eigenvalue weighted by atomic mass is 9.98. The van der Waals surface area contributed by atoms with Gasteiger partial charge in [-0.1, -0.05) is 42.5 Å². The Kier molecular flexibility index (Phi) is 6.83. The van der Waals surface area contributed by atoms with E-state index in [1.807, 2.05) is 54.6 Å². The van der Waals surface area contributed by atoms with E-state index in [0.717, 1.165) is 16.9 Å². The molecule has 1 atom stereocenters. The molecule has 1 amide bonds. The zero-order chi connectivity index (χ0) is 21.6. The van der Waals surface area contributed by atoms with Gasteiger partial charge in [-0.2, -0.15) is 0 Å². The molecule has 0 aliphatic rings.